The zero-order valence-electron chi connectivity index (χ0n) is 38.1. The van der Waals surface area contributed by atoms with Gasteiger partial charge in [0.2, 0.25) is 0 Å². The second kappa shape index (κ2) is 25.9. The van der Waals surface area contributed by atoms with Crippen molar-refractivity contribution in [2.45, 2.75) is 188 Å². The third kappa shape index (κ3) is 17.7. The highest BCUT2D eigenvalue weighted by atomic mass is 16.7. The zero-order chi connectivity index (χ0) is 44.4. The number of ketones is 1. The standard InChI is InChI=1S/C49H80O10/c1-12-42(51)39(10)46(55)28-40(50)21-18-31(2)27-37(8)47-30-45(54)34(5)17-15-13-14-16-33(4)44(53)29-41-22-20-38(9)49(57-11,59-41)25-24-32(3)26-36(7)43(52)23-19-35(6)48(56)58-47/h13-15,17-19,24,26,33-34,37-43,45-47,50-52,54-55H,12,16,20-23,25,27-30H2,1-11H3/b14-13-,17-15-,31-18+,32-24-,35-19-,36-26-/t33-,34+,37+,38-,39+,40+,41-,42-,43-,45-,46+,47+,49-/m0/s1. The Morgan fingerprint density at radius 1 is 1.00 bits per heavy atom. The Hall–Kier alpha value is -2.70. The molecule has 5 N–H and O–H groups in total. The monoisotopic (exact) mass is 829 g/mol. The largest absolute Gasteiger partial charge is 0.459 e. The second-order valence-electron chi connectivity index (χ2n) is 17.9. The summed E-state index contributed by atoms with van der Waals surface area (Å²) in [6, 6.07) is 0. The van der Waals surface area contributed by atoms with Crippen molar-refractivity contribution < 1.29 is 49.3 Å². The molecule has 336 valence electrons. The number of esters is 1. The molecule has 13 atom stereocenters. The van der Waals surface area contributed by atoms with Gasteiger partial charge in [0.15, 0.2) is 5.79 Å². The van der Waals surface area contributed by atoms with Crippen LogP contribution >= 0.6 is 0 Å². The van der Waals surface area contributed by atoms with E-state index in [2.05, 4.69) is 6.92 Å². The van der Waals surface area contributed by atoms with Gasteiger partial charge in [0.25, 0.3) is 0 Å². The molecule has 0 radical (unpaired) electrons. The van der Waals surface area contributed by atoms with Crippen molar-refractivity contribution in [2.75, 3.05) is 7.11 Å². The maximum Gasteiger partial charge on any atom is 0.333 e. The van der Waals surface area contributed by atoms with Crippen LogP contribution in [0.15, 0.2) is 70.9 Å². The summed E-state index contributed by atoms with van der Waals surface area (Å²) < 4.78 is 18.7. The maximum atomic E-state index is 13.5. The normalized spacial score (nSPS) is 35.6. The molecule has 10 nitrogen and oxygen atoms in total. The minimum Gasteiger partial charge on any atom is -0.459 e. The summed E-state index contributed by atoms with van der Waals surface area (Å²) in [6.07, 6.45) is 15.5. The molecular weight excluding hydrogens is 749 g/mol. The number of aliphatic hydroxyl groups is 5. The molecule has 0 aromatic heterocycles. The van der Waals surface area contributed by atoms with Gasteiger partial charge >= 0.3 is 5.97 Å². The molecule has 2 heterocycles. The molecule has 0 saturated carbocycles. The van der Waals surface area contributed by atoms with Gasteiger partial charge in [-0.3, -0.25) is 4.79 Å². The van der Waals surface area contributed by atoms with Crippen molar-refractivity contribution in [3.05, 3.63) is 70.9 Å². The Labute approximate surface area is 356 Å². The number of hydrogen-bond acceptors (Lipinski definition) is 10. The molecular formula is C49H80O10. The molecule has 10 heteroatoms. The van der Waals surface area contributed by atoms with Crippen LogP contribution < -0.4 is 0 Å². The number of cyclic esters (lactones) is 1. The van der Waals surface area contributed by atoms with Crippen LogP contribution in [0.5, 0.6) is 0 Å². The van der Waals surface area contributed by atoms with Crippen LogP contribution in [0, 0.1) is 29.6 Å². The average Bonchev–Trinajstić information content (AvgIpc) is 3.20. The molecule has 0 aromatic carbocycles. The van der Waals surface area contributed by atoms with Crippen molar-refractivity contribution in [3.8, 4) is 0 Å². The zero-order valence-corrected chi connectivity index (χ0v) is 38.1. The van der Waals surface area contributed by atoms with Crippen LogP contribution in [0.1, 0.15) is 140 Å². The molecule has 0 amide bonds. The number of methoxy groups -OCH3 is 1. The molecule has 0 spiro atoms. The molecule has 0 unspecified atom stereocenters. The first-order valence-corrected chi connectivity index (χ1v) is 22.1. The van der Waals surface area contributed by atoms with Crippen molar-refractivity contribution >= 4 is 11.8 Å². The van der Waals surface area contributed by atoms with Crippen LogP contribution in [0.4, 0.5) is 0 Å². The predicted molar refractivity (Wildman–Crippen MR) is 235 cm³/mol. The van der Waals surface area contributed by atoms with Gasteiger partial charge in [-0.25, -0.2) is 4.79 Å². The van der Waals surface area contributed by atoms with E-state index in [-0.39, 0.29) is 60.7 Å². The lowest BCUT2D eigenvalue weighted by molar-refractivity contribution is -0.291. The van der Waals surface area contributed by atoms with Crippen LogP contribution in [0.3, 0.4) is 0 Å². The van der Waals surface area contributed by atoms with E-state index in [1.807, 2.05) is 91.0 Å². The lowest BCUT2D eigenvalue weighted by Gasteiger charge is -2.44. The van der Waals surface area contributed by atoms with Gasteiger partial charge in [-0.05, 0) is 90.6 Å². The highest BCUT2D eigenvalue weighted by Crippen LogP contribution is 2.39. The molecule has 2 bridgehead atoms. The van der Waals surface area contributed by atoms with E-state index in [0.717, 1.165) is 29.6 Å². The number of hydrogen-bond donors (Lipinski definition) is 5. The topological polar surface area (TPSA) is 163 Å². The molecule has 59 heavy (non-hydrogen) atoms. The third-order valence-corrected chi connectivity index (χ3v) is 12.7. The summed E-state index contributed by atoms with van der Waals surface area (Å²) >= 11 is 0. The molecule has 2 aliphatic rings. The smallest absolute Gasteiger partial charge is 0.333 e. The second-order valence-corrected chi connectivity index (χ2v) is 17.9. The number of fused-ring (bicyclic) bond motifs is 2. The van der Waals surface area contributed by atoms with Gasteiger partial charge in [-0.2, -0.15) is 0 Å². The first kappa shape index (κ1) is 52.4. The molecule has 1 fully saturated rings. The van der Waals surface area contributed by atoms with E-state index in [0.29, 0.717) is 44.1 Å². The summed E-state index contributed by atoms with van der Waals surface area (Å²) in [5, 5.41) is 53.7. The van der Waals surface area contributed by atoms with Crippen LogP contribution in [0.2, 0.25) is 0 Å². The first-order chi connectivity index (χ1) is 27.7. The SMILES string of the molecule is CC[C@H](O)[C@@H](C)[C@H](O)C[C@H](O)C/C=C(\C)C[C@@H](C)[C@H]1C[C@H](O)[C@H](C)/C=C\C=C/C[C@H](C)C(=O)C[C@@H]2CC[C@H](C)[C@](OC)(C/C=C(C)\C=C(\C)[C@@H](O)C/C=C(/C)C(=O)O1)O2. The number of allylic oxidation sites excluding steroid dienone is 6. The van der Waals surface area contributed by atoms with E-state index in [9.17, 15) is 35.1 Å². The van der Waals surface area contributed by atoms with Gasteiger partial charge in [-0.1, -0.05) is 101 Å². The van der Waals surface area contributed by atoms with Crippen LogP contribution in [0.25, 0.3) is 0 Å². The fourth-order valence-corrected chi connectivity index (χ4v) is 7.86. The molecule has 1 saturated heterocycles. The van der Waals surface area contributed by atoms with Gasteiger partial charge in [0.1, 0.15) is 11.9 Å². The molecule has 0 aromatic rings. The Morgan fingerprint density at radius 2 is 1.69 bits per heavy atom. The summed E-state index contributed by atoms with van der Waals surface area (Å²) in [5.41, 5.74) is 3.01. The van der Waals surface area contributed by atoms with Crippen molar-refractivity contribution in [1.29, 1.82) is 0 Å². The summed E-state index contributed by atoms with van der Waals surface area (Å²) in [4.78, 5) is 26.8. The van der Waals surface area contributed by atoms with E-state index in [4.69, 9.17) is 14.2 Å². The third-order valence-electron chi connectivity index (χ3n) is 12.7. The first-order valence-electron chi connectivity index (χ1n) is 22.1. The number of Topliss-reactive ketones (excluding diaryl/α,β-unsaturated/α-hetero) is 1. The van der Waals surface area contributed by atoms with E-state index in [1.54, 1.807) is 27.0 Å². The molecule has 2 aliphatic heterocycles. The van der Waals surface area contributed by atoms with Crippen LogP contribution in [-0.2, 0) is 23.8 Å². The number of aliphatic hydroxyl groups excluding tert-OH is 5. The highest BCUT2D eigenvalue weighted by molar-refractivity contribution is 5.87. The van der Waals surface area contributed by atoms with Crippen molar-refractivity contribution in [3.63, 3.8) is 0 Å². The van der Waals surface area contributed by atoms with E-state index < -0.39 is 48.4 Å². The van der Waals surface area contributed by atoms with E-state index >= 15 is 0 Å². The van der Waals surface area contributed by atoms with Gasteiger partial charge in [-0.15, -0.1) is 0 Å². The predicted octanol–water partition coefficient (Wildman–Crippen LogP) is 8.42. The Kier molecular flexibility index (Phi) is 23.0. The fourth-order valence-electron chi connectivity index (χ4n) is 7.86. The highest BCUT2D eigenvalue weighted by Gasteiger charge is 2.43. The van der Waals surface area contributed by atoms with Gasteiger partial charge < -0.3 is 39.7 Å². The summed E-state index contributed by atoms with van der Waals surface area (Å²) in [5.74, 6) is -2.09. The average molecular weight is 829 g/mol. The summed E-state index contributed by atoms with van der Waals surface area (Å²) in [7, 11) is 1.65. The number of carbonyl (C=O) groups is 2. The lowest BCUT2D eigenvalue weighted by atomic mass is 9.85. The lowest BCUT2D eigenvalue weighted by Crippen LogP contribution is -2.48. The maximum absolute atomic E-state index is 13.5. The van der Waals surface area contributed by atoms with Gasteiger partial charge in [0.05, 0.1) is 36.6 Å². The van der Waals surface area contributed by atoms with Crippen molar-refractivity contribution in [1.82, 2.24) is 0 Å². The molecule has 0 aliphatic carbocycles. The number of rotatable bonds is 11. The quantitative estimate of drug-likeness (QED) is 0.101. The fraction of sp³-hybridized carbons (Fsp3) is 0.714. The number of carbonyl (C=O) groups excluding carboxylic acids is 2. The molecule has 2 rings (SSSR count). The van der Waals surface area contributed by atoms with E-state index in [1.165, 1.54) is 0 Å². The minimum absolute atomic E-state index is 0.121. The summed E-state index contributed by atoms with van der Waals surface area (Å²) in [6.45, 7) is 19.0. The van der Waals surface area contributed by atoms with Gasteiger partial charge in [0, 0.05) is 55.6 Å². The Morgan fingerprint density at radius 3 is 2.36 bits per heavy atom. The Balaban J connectivity index is 2.34. The Bertz CT molecular complexity index is 1490. The number of ether oxygens (including phenoxy) is 3. The van der Waals surface area contributed by atoms with Crippen LogP contribution in [-0.4, -0.2) is 92.9 Å². The van der Waals surface area contributed by atoms with Crippen molar-refractivity contribution in [2.24, 2.45) is 29.6 Å². The minimum atomic E-state index is -0.860.